The van der Waals surface area contributed by atoms with Gasteiger partial charge in [0.15, 0.2) is 0 Å². The number of thiophene rings is 1. The molecule has 0 aliphatic carbocycles. The summed E-state index contributed by atoms with van der Waals surface area (Å²) in [5.41, 5.74) is 2.82. The van der Waals surface area contributed by atoms with Crippen molar-refractivity contribution >= 4 is 40.4 Å². The van der Waals surface area contributed by atoms with Crippen LogP contribution in [0.25, 0.3) is 21.8 Å². The van der Waals surface area contributed by atoms with Gasteiger partial charge in [0.25, 0.3) is 0 Å². The number of carboxylic acids is 1. The van der Waals surface area contributed by atoms with E-state index in [4.69, 9.17) is 5.11 Å². The van der Waals surface area contributed by atoms with Gasteiger partial charge in [0.1, 0.15) is 9.88 Å². The summed E-state index contributed by atoms with van der Waals surface area (Å²) < 4.78 is 0.984. The van der Waals surface area contributed by atoms with Crippen molar-refractivity contribution in [3.05, 3.63) is 46.7 Å². The Labute approximate surface area is 134 Å². The van der Waals surface area contributed by atoms with Gasteiger partial charge in [-0.15, -0.1) is 34.4 Å². The molecule has 3 rings (SSSR count). The van der Waals surface area contributed by atoms with Crippen LogP contribution in [-0.2, 0) is 0 Å². The van der Waals surface area contributed by atoms with E-state index in [1.807, 2.05) is 42.0 Å². The molecule has 0 saturated heterocycles. The van der Waals surface area contributed by atoms with Crippen molar-refractivity contribution in [3.63, 3.8) is 0 Å². The largest absolute Gasteiger partial charge is 0.477 e. The fourth-order valence-corrected chi connectivity index (χ4v) is 4.47. The summed E-state index contributed by atoms with van der Waals surface area (Å²) in [5, 5.41) is 12.1. The molecular weight excluding hydrogens is 322 g/mol. The van der Waals surface area contributed by atoms with Crippen LogP contribution in [0.5, 0.6) is 0 Å². The van der Waals surface area contributed by atoms with Crippen molar-refractivity contribution in [3.8, 4) is 21.8 Å². The number of nitrogens with zero attached hydrogens (tertiary/aromatic N) is 1. The van der Waals surface area contributed by atoms with Crippen LogP contribution < -0.4 is 0 Å². The number of benzene rings is 1. The SMILES string of the molecule is CSc1sc(C(=O)O)cc1-c1csc(-c2ccccc2)n1. The molecule has 106 valence electrons. The fourth-order valence-electron chi connectivity index (χ4n) is 1.92. The molecule has 2 heterocycles. The molecular formula is C15H11NO2S3. The maximum atomic E-state index is 11.1. The van der Waals surface area contributed by atoms with Crippen molar-refractivity contribution in [1.82, 2.24) is 4.98 Å². The molecule has 6 heteroatoms. The Kier molecular flexibility index (Phi) is 4.10. The highest BCUT2D eigenvalue weighted by Gasteiger charge is 2.17. The van der Waals surface area contributed by atoms with E-state index in [-0.39, 0.29) is 0 Å². The summed E-state index contributed by atoms with van der Waals surface area (Å²) in [4.78, 5) is 16.1. The topological polar surface area (TPSA) is 50.2 Å². The summed E-state index contributed by atoms with van der Waals surface area (Å²) in [6.45, 7) is 0. The first-order valence-corrected chi connectivity index (χ1v) is 9.03. The first-order chi connectivity index (χ1) is 10.2. The van der Waals surface area contributed by atoms with Gasteiger partial charge in [0.05, 0.1) is 9.90 Å². The number of thioether (sulfide) groups is 1. The van der Waals surface area contributed by atoms with Gasteiger partial charge < -0.3 is 5.11 Å². The number of thiazole rings is 1. The Morgan fingerprint density at radius 2 is 2.05 bits per heavy atom. The molecule has 0 aliphatic heterocycles. The third kappa shape index (κ3) is 2.88. The lowest BCUT2D eigenvalue weighted by molar-refractivity contribution is 0.0702. The zero-order valence-corrected chi connectivity index (χ0v) is 13.5. The highest BCUT2D eigenvalue weighted by atomic mass is 32.2. The highest BCUT2D eigenvalue weighted by molar-refractivity contribution is 8.00. The molecule has 0 amide bonds. The predicted molar refractivity (Wildman–Crippen MR) is 89.6 cm³/mol. The van der Waals surface area contributed by atoms with Crippen LogP contribution in [0.1, 0.15) is 9.67 Å². The van der Waals surface area contributed by atoms with Crippen LogP contribution in [0.15, 0.2) is 46.0 Å². The number of rotatable bonds is 4. The second-order valence-corrected chi connectivity index (χ2v) is 7.21. The van der Waals surface area contributed by atoms with Crippen molar-refractivity contribution in [2.45, 2.75) is 4.21 Å². The van der Waals surface area contributed by atoms with Gasteiger partial charge in [-0.25, -0.2) is 9.78 Å². The van der Waals surface area contributed by atoms with E-state index in [1.165, 1.54) is 11.3 Å². The van der Waals surface area contributed by atoms with Gasteiger partial charge >= 0.3 is 5.97 Å². The van der Waals surface area contributed by atoms with Gasteiger partial charge in [-0.05, 0) is 12.3 Å². The predicted octanol–water partition coefficient (Wildman–Crippen LogP) is 4.96. The maximum Gasteiger partial charge on any atom is 0.345 e. The van der Waals surface area contributed by atoms with Crippen LogP contribution in [-0.4, -0.2) is 22.3 Å². The molecule has 1 aromatic carbocycles. The summed E-state index contributed by atoms with van der Waals surface area (Å²) in [6.07, 6.45) is 1.95. The number of carbonyl (C=O) groups is 1. The molecule has 0 radical (unpaired) electrons. The summed E-state index contributed by atoms with van der Waals surface area (Å²) in [5.74, 6) is -0.889. The van der Waals surface area contributed by atoms with Crippen molar-refractivity contribution < 1.29 is 9.90 Å². The summed E-state index contributed by atoms with van der Waals surface area (Å²) in [6, 6.07) is 11.7. The average Bonchev–Trinajstić information content (AvgIpc) is 3.14. The highest BCUT2D eigenvalue weighted by Crippen LogP contribution is 2.39. The molecule has 0 aliphatic rings. The van der Waals surface area contributed by atoms with Crippen LogP contribution in [0.2, 0.25) is 0 Å². The number of carboxylic acid groups (broad SMARTS) is 1. The number of hydrogen-bond acceptors (Lipinski definition) is 5. The van der Waals surface area contributed by atoms with Crippen molar-refractivity contribution in [2.24, 2.45) is 0 Å². The number of aromatic nitrogens is 1. The Morgan fingerprint density at radius 3 is 2.71 bits per heavy atom. The van der Waals surface area contributed by atoms with Gasteiger partial charge in [0, 0.05) is 16.5 Å². The lowest BCUT2D eigenvalue weighted by Crippen LogP contribution is -1.89. The minimum absolute atomic E-state index is 0.351. The summed E-state index contributed by atoms with van der Waals surface area (Å²) >= 11 is 4.42. The van der Waals surface area contributed by atoms with Crippen LogP contribution in [0, 0.1) is 0 Å². The van der Waals surface area contributed by atoms with E-state index >= 15 is 0 Å². The smallest absolute Gasteiger partial charge is 0.345 e. The molecule has 1 N–H and O–H groups in total. The first-order valence-electron chi connectivity index (χ1n) is 6.11. The molecule has 21 heavy (non-hydrogen) atoms. The average molecular weight is 333 g/mol. The zero-order valence-electron chi connectivity index (χ0n) is 11.1. The molecule has 0 bridgehead atoms. The van der Waals surface area contributed by atoms with Crippen LogP contribution >= 0.6 is 34.4 Å². The van der Waals surface area contributed by atoms with Crippen molar-refractivity contribution in [2.75, 3.05) is 6.26 Å². The quantitative estimate of drug-likeness (QED) is 0.686. The Hall–Kier alpha value is -1.63. The maximum absolute atomic E-state index is 11.1. The Bertz CT molecular complexity index is 777. The molecule has 0 saturated carbocycles. The molecule has 0 spiro atoms. The minimum Gasteiger partial charge on any atom is -0.477 e. The standard InChI is InChI=1S/C15H11NO2S3/c1-19-15-10(7-12(21-15)14(17)18)11-8-20-13(16-11)9-5-3-2-4-6-9/h2-8H,1H3,(H,17,18). The lowest BCUT2D eigenvalue weighted by Gasteiger charge is -1.96. The van der Waals surface area contributed by atoms with E-state index in [0.29, 0.717) is 4.88 Å². The van der Waals surface area contributed by atoms with E-state index in [2.05, 4.69) is 4.98 Å². The molecule has 3 aromatic rings. The van der Waals surface area contributed by atoms with E-state index in [9.17, 15) is 4.79 Å². The van der Waals surface area contributed by atoms with Crippen molar-refractivity contribution in [1.29, 1.82) is 0 Å². The van der Waals surface area contributed by atoms with E-state index in [1.54, 1.807) is 29.2 Å². The second-order valence-electron chi connectivity index (χ2n) is 4.22. The molecule has 0 unspecified atom stereocenters. The monoisotopic (exact) mass is 333 g/mol. The Balaban J connectivity index is 2.02. The first kappa shape index (κ1) is 14.3. The third-order valence-corrected chi connectivity index (χ3v) is 6.04. The van der Waals surface area contributed by atoms with Gasteiger partial charge in [0.2, 0.25) is 0 Å². The van der Waals surface area contributed by atoms with E-state index < -0.39 is 5.97 Å². The molecule has 0 fully saturated rings. The number of hydrogen-bond donors (Lipinski definition) is 1. The minimum atomic E-state index is -0.889. The second kappa shape index (κ2) is 6.01. The third-order valence-electron chi connectivity index (χ3n) is 2.90. The normalized spacial score (nSPS) is 10.7. The van der Waals surface area contributed by atoms with Gasteiger partial charge in [-0.2, -0.15) is 0 Å². The summed E-state index contributed by atoms with van der Waals surface area (Å²) in [7, 11) is 0. The fraction of sp³-hybridized carbons (Fsp3) is 0.0667. The van der Waals surface area contributed by atoms with Crippen LogP contribution in [0.3, 0.4) is 0 Å². The number of aromatic carboxylic acids is 1. The zero-order chi connectivity index (χ0) is 14.8. The molecule has 2 aromatic heterocycles. The Morgan fingerprint density at radius 1 is 1.29 bits per heavy atom. The van der Waals surface area contributed by atoms with E-state index in [0.717, 1.165) is 26.0 Å². The molecule has 3 nitrogen and oxygen atoms in total. The lowest BCUT2D eigenvalue weighted by atomic mass is 10.2. The van der Waals surface area contributed by atoms with Gasteiger partial charge in [-0.1, -0.05) is 30.3 Å². The molecule has 0 atom stereocenters. The van der Waals surface area contributed by atoms with Gasteiger partial charge in [-0.3, -0.25) is 0 Å². The van der Waals surface area contributed by atoms with Crippen LogP contribution in [0.4, 0.5) is 0 Å².